The summed E-state index contributed by atoms with van der Waals surface area (Å²) in [5, 5.41) is 6.71. The van der Waals surface area contributed by atoms with E-state index in [9.17, 15) is 4.79 Å². The fourth-order valence-electron chi connectivity index (χ4n) is 4.69. The first-order valence-electron chi connectivity index (χ1n) is 10.3. The highest BCUT2D eigenvalue weighted by Gasteiger charge is 2.59. The van der Waals surface area contributed by atoms with E-state index in [-0.39, 0.29) is 41.5 Å². The standard InChI is InChI=1S/C20H36N4O3.HI/c1-7-21-17(23-15-14-9-11-26-16(14)20(15,5)6)24-10-8-13(12-24)22-18(25)27-19(2,3)4;/h13-16H,7-12H2,1-6H3,(H,21,23)(H,22,25);1H. The van der Waals surface area contributed by atoms with Crippen LogP contribution in [0.25, 0.3) is 0 Å². The number of nitrogens with zero attached hydrogens (tertiary/aromatic N) is 2. The van der Waals surface area contributed by atoms with Gasteiger partial charge in [-0.05, 0) is 40.5 Å². The van der Waals surface area contributed by atoms with Crippen LogP contribution in [0.5, 0.6) is 0 Å². The molecule has 7 nitrogen and oxygen atoms in total. The van der Waals surface area contributed by atoms with Crippen LogP contribution in [0.2, 0.25) is 0 Å². The molecular formula is C20H37IN4O3. The molecule has 2 heterocycles. The summed E-state index contributed by atoms with van der Waals surface area (Å²) in [5.41, 5.74) is -0.363. The first kappa shape index (κ1) is 23.5. The molecule has 28 heavy (non-hydrogen) atoms. The van der Waals surface area contributed by atoms with E-state index in [4.69, 9.17) is 14.5 Å². The Kier molecular flexibility index (Phi) is 7.50. The average molecular weight is 508 g/mol. The number of carbonyl (C=O) groups is 1. The number of hydrogen-bond acceptors (Lipinski definition) is 4. The smallest absolute Gasteiger partial charge is 0.407 e. The number of nitrogens with one attached hydrogen (secondary N) is 2. The lowest BCUT2D eigenvalue weighted by atomic mass is 9.57. The van der Waals surface area contributed by atoms with Crippen molar-refractivity contribution in [2.45, 2.75) is 78.2 Å². The number of rotatable bonds is 3. The third kappa shape index (κ3) is 5.04. The lowest BCUT2D eigenvalue weighted by molar-refractivity contribution is -0.107. The summed E-state index contributed by atoms with van der Waals surface area (Å²) in [6.45, 7) is 15.5. The molecule has 4 atom stereocenters. The molecule has 4 unspecified atom stereocenters. The van der Waals surface area contributed by atoms with Crippen LogP contribution < -0.4 is 10.6 Å². The normalized spacial score (nSPS) is 31.5. The summed E-state index contributed by atoms with van der Waals surface area (Å²) >= 11 is 0. The van der Waals surface area contributed by atoms with Crippen molar-refractivity contribution >= 4 is 36.0 Å². The van der Waals surface area contributed by atoms with Crippen molar-refractivity contribution in [3.8, 4) is 0 Å². The SMILES string of the molecule is CCN=C(NC1C2CCOC2C1(C)C)N1CCC(NC(=O)OC(C)(C)C)C1.I. The third-order valence-electron chi connectivity index (χ3n) is 5.90. The number of carbonyl (C=O) groups excluding carboxylic acids is 1. The first-order chi connectivity index (χ1) is 12.6. The van der Waals surface area contributed by atoms with E-state index < -0.39 is 5.60 Å². The highest BCUT2D eigenvalue weighted by molar-refractivity contribution is 14.0. The van der Waals surface area contributed by atoms with Crippen molar-refractivity contribution in [2.75, 3.05) is 26.2 Å². The van der Waals surface area contributed by atoms with Crippen LogP contribution in [0.1, 0.15) is 54.4 Å². The fourth-order valence-corrected chi connectivity index (χ4v) is 4.69. The third-order valence-corrected chi connectivity index (χ3v) is 5.90. The van der Waals surface area contributed by atoms with E-state index in [0.29, 0.717) is 18.1 Å². The topological polar surface area (TPSA) is 75.2 Å². The number of guanidine groups is 1. The van der Waals surface area contributed by atoms with Crippen molar-refractivity contribution < 1.29 is 14.3 Å². The number of halogens is 1. The van der Waals surface area contributed by atoms with Gasteiger partial charge in [-0.2, -0.15) is 0 Å². The monoisotopic (exact) mass is 508 g/mol. The lowest BCUT2D eigenvalue weighted by Gasteiger charge is -2.55. The molecule has 0 spiro atoms. The molecule has 0 aromatic heterocycles. The van der Waals surface area contributed by atoms with Crippen LogP contribution in [0.15, 0.2) is 4.99 Å². The number of fused-ring (bicyclic) bond motifs is 1. The van der Waals surface area contributed by atoms with Crippen molar-refractivity contribution in [3.05, 3.63) is 0 Å². The predicted molar refractivity (Wildman–Crippen MR) is 121 cm³/mol. The first-order valence-corrected chi connectivity index (χ1v) is 10.3. The molecule has 1 aliphatic carbocycles. The molecule has 1 saturated carbocycles. The van der Waals surface area contributed by atoms with Gasteiger partial charge in [0.05, 0.1) is 12.1 Å². The molecule has 1 amide bonds. The molecule has 2 N–H and O–H groups in total. The number of hydrogen-bond donors (Lipinski definition) is 2. The maximum atomic E-state index is 12.0. The lowest BCUT2D eigenvalue weighted by Crippen LogP contribution is -2.68. The minimum Gasteiger partial charge on any atom is -0.444 e. The van der Waals surface area contributed by atoms with E-state index in [1.54, 1.807) is 0 Å². The summed E-state index contributed by atoms with van der Waals surface area (Å²) in [7, 11) is 0. The second kappa shape index (κ2) is 8.93. The van der Waals surface area contributed by atoms with Crippen LogP contribution in [-0.4, -0.2) is 67.0 Å². The van der Waals surface area contributed by atoms with Gasteiger partial charge < -0.3 is 25.0 Å². The molecule has 2 aliphatic heterocycles. The number of aliphatic imine (C=N–C) groups is 1. The Balaban J connectivity index is 0.00000280. The number of ether oxygens (including phenoxy) is 2. The number of likely N-dealkylation sites (tertiary alicyclic amines) is 1. The maximum absolute atomic E-state index is 12.0. The molecule has 8 heteroatoms. The molecule has 0 radical (unpaired) electrons. The van der Waals surface area contributed by atoms with Gasteiger partial charge in [0.2, 0.25) is 0 Å². The Bertz CT molecular complexity index is 590. The van der Waals surface area contributed by atoms with Crippen LogP contribution in [-0.2, 0) is 9.47 Å². The van der Waals surface area contributed by atoms with Gasteiger partial charge in [-0.15, -0.1) is 24.0 Å². The van der Waals surface area contributed by atoms with Gasteiger partial charge in [-0.1, -0.05) is 13.8 Å². The predicted octanol–water partition coefficient (Wildman–Crippen LogP) is 2.98. The fraction of sp³-hybridized carbons (Fsp3) is 0.900. The Morgan fingerprint density at radius 1 is 1.29 bits per heavy atom. The molecule has 0 aromatic carbocycles. The van der Waals surface area contributed by atoms with Gasteiger partial charge >= 0.3 is 6.09 Å². The minimum absolute atomic E-state index is 0. The van der Waals surface area contributed by atoms with Gasteiger partial charge in [0.15, 0.2) is 5.96 Å². The Labute approximate surface area is 186 Å². The summed E-state index contributed by atoms with van der Waals surface area (Å²) in [6.07, 6.45) is 2.03. The molecule has 3 aliphatic rings. The average Bonchev–Trinajstić information content (AvgIpc) is 3.17. The number of alkyl carbamates (subject to hydrolysis) is 1. The highest BCUT2D eigenvalue weighted by Crippen LogP contribution is 2.52. The van der Waals surface area contributed by atoms with Gasteiger partial charge in [0.25, 0.3) is 0 Å². The molecule has 3 rings (SSSR count). The van der Waals surface area contributed by atoms with E-state index >= 15 is 0 Å². The van der Waals surface area contributed by atoms with Gasteiger partial charge in [0, 0.05) is 43.6 Å². The van der Waals surface area contributed by atoms with Crippen LogP contribution >= 0.6 is 24.0 Å². The quantitative estimate of drug-likeness (QED) is 0.349. The second-order valence-electron chi connectivity index (χ2n) is 9.56. The van der Waals surface area contributed by atoms with Crippen LogP contribution in [0.3, 0.4) is 0 Å². The molecule has 2 saturated heterocycles. The summed E-state index contributed by atoms with van der Waals surface area (Å²) < 4.78 is 11.3. The minimum atomic E-state index is -0.478. The van der Waals surface area contributed by atoms with Crippen molar-refractivity contribution in [2.24, 2.45) is 16.3 Å². The van der Waals surface area contributed by atoms with Crippen molar-refractivity contribution in [1.29, 1.82) is 0 Å². The van der Waals surface area contributed by atoms with E-state index in [0.717, 1.165) is 45.0 Å². The molecule has 0 aromatic rings. The molecule has 0 bridgehead atoms. The molecule has 3 fully saturated rings. The van der Waals surface area contributed by atoms with E-state index in [1.165, 1.54) is 0 Å². The second-order valence-corrected chi connectivity index (χ2v) is 9.56. The van der Waals surface area contributed by atoms with Crippen LogP contribution in [0, 0.1) is 11.3 Å². The van der Waals surface area contributed by atoms with E-state index in [2.05, 4.69) is 36.3 Å². The zero-order chi connectivity index (χ0) is 19.8. The summed E-state index contributed by atoms with van der Waals surface area (Å²) in [5.74, 6) is 1.52. The Morgan fingerprint density at radius 3 is 2.64 bits per heavy atom. The zero-order valence-electron chi connectivity index (χ0n) is 18.1. The molecular weight excluding hydrogens is 471 g/mol. The summed E-state index contributed by atoms with van der Waals surface area (Å²) in [4.78, 5) is 19.0. The molecule has 162 valence electrons. The van der Waals surface area contributed by atoms with Crippen LogP contribution in [0.4, 0.5) is 4.79 Å². The van der Waals surface area contributed by atoms with Gasteiger partial charge in [0.1, 0.15) is 5.60 Å². The Morgan fingerprint density at radius 2 is 2.00 bits per heavy atom. The van der Waals surface area contributed by atoms with Crippen molar-refractivity contribution in [3.63, 3.8) is 0 Å². The summed E-state index contributed by atoms with van der Waals surface area (Å²) in [6, 6.07) is 0.467. The van der Waals surface area contributed by atoms with Crippen molar-refractivity contribution in [1.82, 2.24) is 15.5 Å². The van der Waals surface area contributed by atoms with Gasteiger partial charge in [-0.25, -0.2) is 4.79 Å². The van der Waals surface area contributed by atoms with Gasteiger partial charge in [-0.3, -0.25) is 4.99 Å². The number of amides is 1. The Hall–Kier alpha value is -0.770. The highest BCUT2D eigenvalue weighted by atomic mass is 127. The largest absolute Gasteiger partial charge is 0.444 e. The zero-order valence-corrected chi connectivity index (χ0v) is 20.4. The van der Waals surface area contributed by atoms with E-state index in [1.807, 2.05) is 20.8 Å². The maximum Gasteiger partial charge on any atom is 0.407 e.